The van der Waals surface area contributed by atoms with Crippen LogP contribution in [0, 0.1) is 6.92 Å². The van der Waals surface area contributed by atoms with Crippen molar-refractivity contribution in [1.82, 2.24) is 0 Å². The third-order valence-electron chi connectivity index (χ3n) is 1.66. The molecule has 0 radical (unpaired) electrons. The van der Waals surface area contributed by atoms with E-state index >= 15 is 0 Å². The van der Waals surface area contributed by atoms with E-state index in [1.54, 1.807) is 13.0 Å². The molecule has 0 aliphatic carbocycles. The highest BCUT2D eigenvalue weighted by Crippen LogP contribution is 2.28. The lowest BCUT2D eigenvalue weighted by Gasteiger charge is -2.03. The van der Waals surface area contributed by atoms with Gasteiger partial charge in [0.15, 0.2) is 5.78 Å². The van der Waals surface area contributed by atoms with Crippen molar-refractivity contribution in [2.24, 2.45) is 0 Å². The number of aryl methyl sites for hydroxylation is 1. The third-order valence-corrected chi connectivity index (χ3v) is 1.95. The number of ketones is 1. The number of phenols is 1. The molecule has 12 heavy (non-hydrogen) atoms. The largest absolute Gasteiger partial charge is 0.506 e. The summed E-state index contributed by atoms with van der Waals surface area (Å²) in [6, 6.07) is 3.08. The normalized spacial score (nSPS) is 9.92. The number of aromatic hydroxyl groups is 1. The second-order valence-electron chi connectivity index (χ2n) is 2.68. The summed E-state index contributed by atoms with van der Waals surface area (Å²) in [6.07, 6.45) is 0. The van der Waals surface area contributed by atoms with Crippen LogP contribution in [0.25, 0.3) is 0 Å². The topological polar surface area (TPSA) is 37.3 Å². The van der Waals surface area contributed by atoms with Crippen molar-refractivity contribution in [3.8, 4) is 5.75 Å². The summed E-state index contributed by atoms with van der Waals surface area (Å²) in [4.78, 5) is 10.9. The number of hydrogen-bond donors (Lipinski definition) is 1. The van der Waals surface area contributed by atoms with Gasteiger partial charge in [-0.2, -0.15) is 0 Å². The van der Waals surface area contributed by atoms with E-state index in [-0.39, 0.29) is 16.6 Å². The molecule has 1 aromatic rings. The van der Waals surface area contributed by atoms with E-state index in [0.29, 0.717) is 11.1 Å². The fourth-order valence-electron chi connectivity index (χ4n) is 0.940. The first-order valence-electron chi connectivity index (χ1n) is 3.52. The van der Waals surface area contributed by atoms with E-state index in [1.807, 2.05) is 0 Å². The van der Waals surface area contributed by atoms with E-state index in [4.69, 9.17) is 11.6 Å². The van der Waals surface area contributed by atoms with Crippen LogP contribution in [-0.4, -0.2) is 10.9 Å². The summed E-state index contributed by atoms with van der Waals surface area (Å²) in [6.45, 7) is 3.16. The first-order chi connectivity index (χ1) is 5.52. The molecular formula is C9H9ClO2. The first kappa shape index (κ1) is 9.07. The zero-order chi connectivity index (χ0) is 9.30. The molecule has 1 rings (SSSR count). The average Bonchev–Trinajstić information content (AvgIpc) is 1.99. The molecule has 0 aromatic heterocycles. The minimum Gasteiger partial charge on any atom is -0.506 e. The maximum absolute atomic E-state index is 10.9. The zero-order valence-corrected chi connectivity index (χ0v) is 7.64. The van der Waals surface area contributed by atoms with Crippen molar-refractivity contribution in [3.05, 3.63) is 28.3 Å². The number of halogens is 1. The van der Waals surface area contributed by atoms with Crippen LogP contribution in [0.4, 0.5) is 0 Å². The van der Waals surface area contributed by atoms with Crippen LogP contribution in [0.5, 0.6) is 5.75 Å². The van der Waals surface area contributed by atoms with Crippen LogP contribution >= 0.6 is 11.6 Å². The van der Waals surface area contributed by atoms with Crippen LogP contribution in [-0.2, 0) is 0 Å². The molecule has 0 amide bonds. The molecule has 0 aliphatic heterocycles. The minimum absolute atomic E-state index is 0.0432. The summed E-state index contributed by atoms with van der Waals surface area (Å²) in [7, 11) is 0. The summed E-state index contributed by atoms with van der Waals surface area (Å²) in [5, 5.41) is 9.49. The van der Waals surface area contributed by atoms with E-state index < -0.39 is 0 Å². The first-order valence-corrected chi connectivity index (χ1v) is 3.90. The Morgan fingerprint density at radius 3 is 2.50 bits per heavy atom. The third kappa shape index (κ3) is 1.59. The van der Waals surface area contributed by atoms with Gasteiger partial charge in [-0.15, -0.1) is 0 Å². The van der Waals surface area contributed by atoms with E-state index in [2.05, 4.69) is 0 Å². The quantitative estimate of drug-likeness (QED) is 0.682. The van der Waals surface area contributed by atoms with Gasteiger partial charge < -0.3 is 5.11 Å². The highest BCUT2D eigenvalue weighted by Gasteiger charge is 2.06. The van der Waals surface area contributed by atoms with Crippen molar-refractivity contribution >= 4 is 17.4 Å². The van der Waals surface area contributed by atoms with Crippen LogP contribution in [0.1, 0.15) is 22.8 Å². The fraction of sp³-hybridized carbons (Fsp3) is 0.222. The van der Waals surface area contributed by atoms with Crippen LogP contribution in [0.15, 0.2) is 12.1 Å². The summed E-state index contributed by atoms with van der Waals surface area (Å²) in [5.74, 6) is -0.0123. The van der Waals surface area contributed by atoms with E-state index in [1.165, 1.54) is 13.0 Å². The van der Waals surface area contributed by atoms with Gasteiger partial charge in [-0.25, -0.2) is 0 Å². The zero-order valence-electron chi connectivity index (χ0n) is 6.89. The lowest BCUT2D eigenvalue weighted by Crippen LogP contribution is -1.92. The molecule has 0 aliphatic rings. The molecule has 0 atom stereocenters. The Labute approximate surface area is 75.8 Å². The van der Waals surface area contributed by atoms with Gasteiger partial charge in [0.1, 0.15) is 5.75 Å². The summed E-state index contributed by atoms with van der Waals surface area (Å²) >= 11 is 5.66. The molecule has 0 saturated carbocycles. The Balaban J connectivity index is 3.31. The number of rotatable bonds is 1. The molecule has 3 heteroatoms. The Bertz CT molecular complexity index is 308. The van der Waals surface area contributed by atoms with Gasteiger partial charge in [-0.1, -0.05) is 11.6 Å². The fourth-order valence-corrected chi connectivity index (χ4v) is 1.21. The number of carbonyl (C=O) groups excluding carboxylic acids is 1. The van der Waals surface area contributed by atoms with Gasteiger partial charge in [-0.05, 0) is 31.5 Å². The smallest absolute Gasteiger partial charge is 0.159 e. The lowest BCUT2D eigenvalue weighted by atomic mass is 10.1. The Morgan fingerprint density at radius 1 is 1.50 bits per heavy atom. The second-order valence-corrected chi connectivity index (χ2v) is 3.09. The Kier molecular flexibility index (Phi) is 2.38. The molecule has 1 aromatic carbocycles. The number of phenolic OH excluding ortho intramolecular Hbond substituents is 1. The highest BCUT2D eigenvalue weighted by atomic mass is 35.5. The van der Waals surface area contributed by atoms with Crippen molar-refractivity contribution in [1.29, 1.82) is 0 Å². The molecule has 1 N–H and O–H groups in total. The molecule has 2 nitrogen and oxygen atoms in total. The van der Waals surface area contributed by atoms with Gasteiger partial charge in [0, 0.05) is 5.56 Å². The van der Waals surface area contributed by atoms with Gasteiger partial charge in [-0.3, -0.25) is 4.79 Å². The molecule has 0 heterocycles. The SMILES string of the molecule is CC(=O)c1cc(C)c(O)c(Cl)c1. The maximum atomic E-state index is 10.9. The van der Waals surface area contributed by atoms with Crippen molar-refractivity contribution in [3.63, 3.8) is 0 Å². The molecule has 64 valence electrons. The predicted octanol–water partition coefficient (Wildman–Crippen LogP) is 2.56. The number of Topliss-reactive ketones (excluding diaryl/α,β-unsaturated/α-hetero) is 1. The summed E-state index contributed by atoms with van der Waals surface area (Å²) < 4.78 is 0. The van der Waals surface area contributed by atoms with Crippen molar-refractivity contribution in [2.75, 3.05) is 0 Å². The van der Waals surface area contributed by atoms with Gasteiger partial charge in [0.05, 0.1) is 5.02 Å². The second kappa shape index (κ2) is 3.15. The van der Waals surface area contributed by atoms with Crippen molar-refractivity contribution in [2.45, 2.75) is 13.8 Å². The highest BCUT2D eigenvalue weighted by molar-refractivity contribution is 6.32. The average molecular weight is 185 g/mol. The van der Waals surface area contributed by atoms with Crippen LogP contribution < -0.4 is 0 Å². The number of benzene rings is 1. The van der Waals surface area contributed by atoms with E-state index in [0.717, 1.165) is 0 Å². The van der Waals surface area contributed by atoms with Gasteiger partial charge in [0.25, 0.3) is 0 Å². The Hall–Kier alpha value is -1.02. The summed E-state index contributed by atoms with van der Waals surface area (Å²) in [5.41, 5.74) is 1.14. The minimum atomic E-state index is -0.0556. The van der Waals surface area contributed by atoms with Gasteiger partial charge in [0.2, 0.25) is 0 Å². The monoisotopic (exact) mass is 184 g/mol. The predicted molar refractivity (Wildman–Crippen MR) is 47.9 cm³/mol. The number of carbonyl (C=O) groups is 1. The van der Waals surface area contributed by atoms with Crippen LogP contribution in [0.2, 0.25) is 5.02 Å². The molecule has 0 saturated heterocycles. The molecule has 0 spiro atoms. The van der Waals surface area contributed by atoms with Crippen LogP contribution in [0.3, 0.4) is 0 Å². The molecule has 0 unspecified atom stereocenters. The standard InChI is InChI=1S/C9H9ClO2/c1-5-3-7(6(2)11)4-8(10)9(5)12/h3-4,12H,1-2H3. The molecule has 0 fully saturated rings. The lowest BCUT2D eigenvalue weighted by molar-refractivity contribution is 0.101. The maximum Gasteiger partial charge on any atom is 0.159 e. The molecular weight excluding hydrogens is 176 g/mol. The van der Waals surface area contributed by atoms with E-state index in [9.17, 15) is 9.90 Å². The van der Waals surface area contributed by atoms with Gasteiger partial charge >= 0.3 is 0 Å². The Morgan fingerprint density at radius 2 is 2.08 bits per heavy atom. The number of hydrogen-bond acceptors (Lipinski definition) is 2. The molecule has 0 bridgehead atoms. The van der Waals surface area contributed by atoms with Crippen molar-refractivity contribution < 1.29 is 9.90 Å².